The molecule has 0 amide bonds. The third-order valence-electron chi connectivity index (χ3n) is 6.80. The van der Waals surface area contributed by atoms with Gasteiger partial charge in [-0.3, -0.25) is 0 Å². The van der Waals surface area contributed by atoms with E-state index in [4.69, 9.17) is 30.2 Å². The number of aliphatic imine (C=N–C) groups is 1. The summed E-state index contributed by atoms with van der Waals surface area (Å²) >= 11 is 8.09. The van der Waals surface area contributed by atoms with Crippen LogP contribution in [0.15, 0.2) is 41.4 Å². The molecule has 2 spiro atoms. The smallest absolute Gasteiger partial charge is 0.220 e. The van der Waals surface area contributed by atoms with Crippen molar-refractivity contribution in [3.05, 3.63) is 58.4 Å². The highest BCUT2D eigenvalue weighted by molar-refractivity contribution is 14.1. The molecule has 0 saturated heterocycles. The average molecular weight is 542 g/mol. The van der Waals surface area contributed by atoms with E-state index < -0.39 is 5.72 Å². The SMILES string of the molecule is CN1OC2(N=C1N)c1cc(-c3cc(F)cc(Cl)c3)ccc1CC21CCC(OI)CC1. The lowest BCUT2D eigenvalue weighted by atomic mass is 9.67. The van der Waals surface area contributed by atoms with E-state index in [1.54, 1.807) is 18.2 Å². The maximum absolute atomic E-state index is 14.0. The second-order valence-corrected chi connectivity index (χ2v) is 9.42. The summed E-state index contributed by atoms with van der Waals surface area (Å²) in [5.41, 5.74) is 8.93. The van der Waals surface area contributed by atoms with E-state index in [9.17, 15) is 4.39 Å². The summed E-state index contributed by atoms with van der Waals surface area (Å²) in [6.07, 6.45) is 4.89. The number of halogens is 3. The van der Waals surface area contributed by atoms with Crippen LogP contribution in [0.4, 0.5) is 4.39 Å². The first-order chi connectivity index (χ1) is 14.4. The van der Waals surface area contributed by atoms with Crippen LogP contribution >= 0.6 is 34.6 Å². The maximum Gasteiger partial charge on any atom is 0.220 e. The fraction of sp³-hybridized carbons (Fsp3) is 0.409. The van der Waals surface area contributed by atoms with Crippen LogP contribution < -0.4 is 5.73 Å². The van der Waals surface area contributed by atoms with Gasteiger partial charge in [-0.2, -0.15) is 0 Å². The van der Waals surface area contributed by atoms with Crippen molar-refractivity contribution >= 4 is 40.6 Å². The Morgan fingerprint density at radius 3 is 2.63 bits per heavy atom. The summed E-state index contributed by atoms with van der Waals surface area (Å²) in [5, 5.41) is 1.93. The standard InChI is InChI=1S/C22H22ClFIN3O2/c1-28-20(26)27-22(30-28)19-10-13(15-8-16(23)11-17(24)9-15)2-3-14(19)12-21(22)6-4-18(29-25)5-7-21/h2-3,8-11,18H,4-7,12H2,1H3,(H2,26,27). The third kappa shape index (κ3) is 3.04. The lowest BCUT2D eigenvalue weighted by Crippen LogP contribution is -2.46. The zero-order valence-corrected chi connectivity index (χ0v) is 19.4. The Labute approximate surface area is 194 Å². The quantitative estimate of drug-likeness (QED) is 0.522. The molecule has 158 valence electrons. The molecule has 5 rings (SSSR count). The number of hydroxylamine groups is 2. The number of benzene rings is 2. The van der Waals surface area contributed by atoms with Crippen molar-refractivity contribution in [1.82, 2.24) is 5.06 Å². The predicted octanol–water partition coefficient (Wildman–Crippen LogP) is 5.34. The van der Waals surface area contributed by atoms with Crippen LogP contribution in [0.2, 0.25) is 5.02 Å². The minimum absolute atomic E-state index is 0.186. The second kappa shape index (κ2) is 7.32. The topological polar surface area (TPSA) is 60.1 Å². The van der Waals surface area contributed by atoms with Crippen LogP contribution in [-0.4, -0.2) is 24.2 Å². The molecule has 2 N–H and O–H groups in total. The molecule has 2 aliphatic carbocycles. The molecule has 0 aromatic heterocycles. The molecular formula is C22H22ClFIN3O2. The normalized spacial score (nSPS) is 30.2. The van der Waals surface area contributed by atoms with Gasteiger partial charge in [0.2, 0.25) is 11.7 Å². The van der Waals surface area contributed by atoms with Crippen LogP contribution in [0.5, 0.6) is 0 Å². The van der Waals surface area contributed by atoms with Crippen molar-refractivity contribution in [3.63, 3.8) is 0 Å². The van der Waals surface area contributed by atoms with Gasteiger partial charge in [0.25, 0.3) is 0 Å². The first-order valence-electron chi connectivity index (χ1n) is 10.0. The summed E-state index contributed by atoms with van der Waals surface area (Å²) in [4.78, 5) is 11.3. The largest absolute Gasteiger partial charge is 0.368 e. The van der Waals surface area contributed by atoms with E-state index in [1.165, 1.54) is 17.7 Å². The third-order valence-corrected chi connectivity index (χ3v) is 7.74. The second-order valence-electron chi connectivity index (χ2n) is 8.48. The summed E-state index contributed by atoms with van der Waals surface area (Å²) in [6.45, 7) is 0. The minimum Gasteiger partial charge on any atom is -0.368 e. The number of rotatable bonds is 2. The molecule has 8 heteroatoms. The molecule has 2 aromatic carbocycles. The lowest BCUT2D eigenvalue weighted by molar-refractivity contribution is -0.230. The Hall–Kier alpha value is -1.42. The van der Waals surface area contributed by atoms with E-state index in [2.05, 4.69) is 12.1 Å². The average Bonchev–Trinajstić information content (AvgIpc) is 3.15. The predicted molar refractivity (Wildman–Crippen MR) is 122 cm³/mol. The van der Waals surface area contributed by atoms with Crippen molar-refractivity contribution in [3.8, 4) is 11.1 Å². The van der Waals surface area contributed by atoms with Gasteiger partial charge < -0.3 is 8.80 Å². The van der Waals surface area contributed by atoms with Crippen LogP contribution in [0.1, 0.15) is 36.8 Å². The van der Waals surface area contributed by atoms with Crippen LogP contribution in [0.25, 0.3) is 11.1 Å². The highest BCUT2D eigenvalue weighted by atomic mass is 127. The lowest BCUT2D eigenvalue weighted by Gasteiger charge is -2.44. The van der Waals surface area contributed by atoms with E-state index in [1.807, 2.05) is 29.1 Å². The molecule has 1 heterocycles. The van der Waals surface area contributed by atoms with Gasteiger partial charge in [-0.1, -0.05) is 23.7 Å². The van der Waals surface area contributed by atoms with Crippen molar-refractivity contribution in [1.29, 1.82) is 0 Å². The zero-order valence-electron chi connectivity index (χ0n) is 16.5. The number of hydrogen-bond acceptors (Lipinski definition) is 5. The number of hydrogen-bond donors (Lipinski definition) is 1. The van der Waals surface area contributed by atoms with Crippen molar-refractivity contribution in [2.75, 3.05) is 7.05 Å². The molecule has 5 nitrogen and oxygen atoms in total. The Kier molecular flexibility index (Phi) is 5.00. The van der Waals surface area contributed by atoms with Gasteiger partial charge >= 0.3 is 0 Å². The maximum atomic E-state index is 14.0. The van der Waals surface area contributed by atoms with E-state index in [-0.39, 0.29) is 17.3 Å². The molecular weight excluding hydrogens is 520 g/mol. The number of nitrogens with two attached hydrogens (primary N) is 1. The zero-order chi connectivity index (χ0) is 21.1. The molecule has 0 bridgehead atoms. The Bertz CT molecular complexity index is 1020. The van der Waals surface area contributed by atoms with E-state index in [0.29, 0.717) is 11.0 Å². The first kappa shape index (κ1) is 20.5. The molecule has 2 aromatic rings. The Morgan fingerprint density at radius 2 is 2.00 bits per heavy atom. The first-order valence-corrected chi connectivity index (χ1v) is 11.3. The van der Waals surface area contributed by atoms with E-state index >= 15 is 0 Å². The molecule has 1 aliphatic heterocycles. The highest BCUT2D eigenvalue weighted by Crippen LogP contribution is 2.62. The summed E-state index contributed by atoms with van der Waals surface area (Å²) < 4.78 is 19.5. The number of nitrogens with zero attached hydrogens (tertiary/aromatic N) is 2. The van der Waals surface area contributed by atoms with Crippen molar-refractivity contribution < 1.29 is 12.3 Å². The summed E-state index contributed by atoms with van der Waals surface area (Å²) in [6, 6.07) is 10.8. The monoisotopic (exact) mass is 541 g/mol. The van der Waals surface area contributed by atoms with Crippen molar-refractivity contribution in [2.45, 2.75) is 43.9 Å². The van der Waals surface area contributed by atoms with Crippen LogP contribution in [0, 0.1) is 11.2 Å². The summed E-state index contributed by atoms with van der Waals surface area (Å²) in [7, 11) is 1.79. The van der Waals surface area contributed by atoms with E-state index in [0.717, 1.165) is 48.8 Å². The minimum atomic E-state index is -0.870. The molecule has 0 radical (unpaired) electrons. The van der Waals surface area contributed by atoms with Gasteiger partial charge in [0.15, 0.2) is 0 Å². The molecule has 3 aliphatic rings. The fourth-order valence-electron chi connectivity index (χ4n) is 5.29. The van der Waals surface area contributed by atoms with Gasteiger partial charge in [0.1, 0.15) is 28.8 Å². The Balaban J connectivity index is 1.63. The van der Waals surface area contributed by atoms with Gasteiger partial charge in [-0.15, -0.1) is 0 Å². The van der Waals surface area contributed by atoms with Crippen molar-refractivity contribution in [2.24, 2.45) is 16.1 Å². The van der Waals surface area contributed by atoms with Gasteiger partial charge in [0.05, 0.1) is 6.10 Å². The highest BCUT2D eigenvalue weighted by Gasteiger charge is 2.63. The number of guanidine groups is 1. The Morgan fingerprint density at radius 1 is 1.23 bits per heavy atom. The summed E-state index contributed by atoms with van der Waals surface area (Å²) in [5.74, 6) is 0.00844. The van der Waals surface area contributed by atoms with Gasteiger partial charge in [-0.05, 0) is 73.1 Å². The molecule has 1 saturated carbocycles. The molecule has 1 atom stereocenters. The number of fused-ring (bicyclic) bond motifs is 3. The van der Waals surface area contributed by atoms with Crippen LogP contribution in [0.3, 0.4) is 0 Å². The fourth-order valence-corrected chi connectivity index (χ4v) is 6.02. The molecule has 1 fully saturated rings. The van der Waals surface area contributed by atoms with Gasteiger partial charge in [-0.25, -0.2) is 19.3 Å². The molecule has 1 unspecified atom stereocenters. The molecule has 30 heavy (non-hydrogen) atoms. The van der Waals surface area contributed by atoms with Gasteiger partial charge in [0, 0.05) is 23.0 Å². The van der Waals surface area contributed by atoms with Crippen LogP contribution in [-0.2, 0) is 20.0 Å².